The predicted molar refractivity (Wildman–Crippen MR) is 117 cm³/mol. The number of nitrogens with zero attached hydrogens (tertiary/aromatic N) is 1. The number of hydrogen-bond donors (Lipinski definition) is 2. The van der Waals surface area contributed by atoms with Gasteiger partial charge in [0.25, 0.3) is 5.91 Å². The molecular weight excluding hydrogens is 397 g/mol. The van der Waals surface area contributed by atoms with E-state index in [-0.39, 0.29) is 35.9 Å². The van der Waals surface area contributed by atoms with Gasteiger partial charge in [-0.05, 0) is 87.6 Å². The van der Waals surface area contributed by atoms with Gasteiger partial charge in [-0.25, -0.2) is 9.18 Å². The van der Waals surface area contributed by atoms with E-state index in [2.05, 4.69) is 10.6 Å². The lowest BCUT2D eigenvalue weighted by atomic mass is 9.82. The molecule has 2 N–H and O–H groups in total. The molecule has 4 rings (SSSR count). The summed E-state index contributed by atoms with van der Waals surface area (Å²) in [5, 5.41) is 6.04. The first-order valence-electron chi connectivity index (χ1n) is 10.9. The monoisotopic (exact) mass is 425 g/mol. The zero-order chi connectivity index (χ0) is 21.8. The van der Waals surface area contributed by atoms with Crippen molar-refractivity contribution in [2.75, 3.05) is 11.9 Å². The van der Waals surface area contributed by atoms with E-state index in [1.54, 1.807) is 36.4 Å². The van der Waals surface area contributed by atoms with Gasteiger partial charge in [0.15, 0.2) is 0 Å². The standard InChI is InChI=1S/C24H28FN3O3/c1-2-31-22-12-6-16(7-13-22)23(29)26-19-14-20-4-3-5-21(15-19)28(20)24(30)27-18-10-8-17(25)9-11-18/h6-13,19-21H,2-5,14-15H2,1H3,(H,26,29)(H,27,30)/t20-,21-/m0/s1. The summed E-state index contributed by atoms with van der Waals surface area (Å²) in [4.78, 5) is 27.6. The fourth-order valence-corrected chi connectivity index (χ4v) is 4.69. The van der Waals surface area contributed by atoms with Gasteiger partial charge in [-0.3, -0.25) is 4.79 Å². The van der Waals surface area contributed by atoms with Gasteiger partial charge in [0.05, 0.1) is 6.61 Å². The Hall–Kier alpha value is -3.09. The lowest BCUT2D eigenvalue weighted by Gasteiger charge is -2.48. The second-order valence-corrected chi connectivity index (χ2v) is 8.18. The van der Waals surface area contributed by atoms with E-state index >= 15 is 0 Å². The minimum absolute atomic E-state index is 0.0317. The summed E-state index contributed by atoms with van der Waals surface area (Å²) in [7, 11) is 0. The van der Waals surface area contributed by atoms with Crippen LogP contribution in [0.15, 0.2) is 48.5 Å². The van der Waals surface area contributed by atoms with Crippen LogP contribution in [0.3, 0.4) is 0 Å². The van der Waals surface area contributed by atoms with E-state index in [9.17, 15) is 14.0 Å². The van der Waals surface area contributed by atoms with Crippen molar-refractivity contribution in [1.29, 1.82) is 0 Å². The number of benzene rings is 2. The quantitative estimate of drug-likeness (QED) is 0.737. The van der Waals surface area contributed by atoms with Crippen LogP contribution in [0, 0.1) is 5.82 Å². The number of fused-ring (bicyclic) bond motifs is 2. The van der Waals surface area contributed by atoms with E-state index < -0.39 is 0 Å². The number of halogens is 1. The molecule has 2 aromatic carbocycles. The molecule has 2 aromatic rings. The highest BCUT2D eigenvalue weighted by molar-refractivity contribution is 5.94. The fourth-order valence-electron chi connectivity index (χ4n) is 4.69. The molecule has 0 radical (unpaired) electrons. The first kappa shape index (κ1) is 21.2. The third kappa shape index (κ3) is 4.98. The van der Waals surface area contributed by atoms with Gasteiger partial charge in [-0.15, -0.1) is 0 Å². The number of amides is 3. The molecule has 31 heavy (non-hydrogen) atoms. The van der Waals surface area contributed by atoms with Gasteiger partial charge < -0.3 is 20.3 Å². The number of carbonyl (C=O) groups is 2. The maximum Gasteiger partial charge on any atom is 0.322 e. The van der Waals surface area contributed by atoms with Crippen LogP contribution in [0.2, 0.25) is 0 Å². The van der Waals surface area contributed by atoms with Crippen LogP contribution in [0.5, 0.6) is 5.75 Å². The summed E-state index contributed by atoms with van der Waals surface area (Å²) in [5.74, 6) is 0.309. The van der Waals surface area contributed by atoms with E-state index in [0.717, 1.165) is 37.9 Å². The summed E-state index contributed by atoms with van der Waals surface area (Å²) >= 11 is 0. The van der Waals surface area contributed by atoms with Gasteiger partial charge in [-0.1, -0.05) is 0 Å². The van der Waals surface area contributed by atoms with Crippen LogP contribution in [0.25, 0.3) is 0 Å². The Morgan fingerprint density at radius 2 is 1.68 bits per heavy atom. The number of piperidine rings is 2. The molecule has 2 atom stereocenters. The SMILES string of the molecule is CCOc1ccc(C(=O)NC2C[C@@H]3CCC[C@@H](C2)N3C(=O)Nc2ccc(F)cc2)cc1. The second kappa shape index (κ2) is 9.37. The smallest absolute Gasteiger partial charge is 0.322 e. The van der Waals surface area contributed by atoms with Gasteiger partial charge in [-0.2, -0.15) is 0 Å². The Labute approximate surface area is 181 Å². The van der Waals surface area contributed by atoms with Crippen molar-refractivity contribution in [3.05, 3.63) is 59.9 Å². The number of urea groups is 1. The molecule has 0 spiro atoms. The molecule has 2 aliphatic rings. The van der Waals surface area contributed by atoms with Crippen molar-refractivity contribution in [1.82, 2.24) is 10.2 Å². The summed E-state index contributed by atoms with van der Waals surface area (Å²) < 4.78 is 18.6. The van der Waals surface area contributed by atoms with Crippen molar-refractivity contribution in [3.8, 4) is 5.75 Å². The number of hydrogen-bond acceptors (Lipinski definition) is 3. The van der Waals surface area contributed by atoms with Crippen LogP contribution in [-0.4, -0.2) is 41.6 Å². The number of ether oxygens (including phenoxy) is 1. The summed E-state index contributed by atoms with van der Waals surface area (Å²) in [6.45, 7) is 2.51. The number of nitrogens with one attached hydrogen (secondary N) is 2. The van der Waals surface area contributed by atoms with Crippen LogP contribution < -0.4 is 15.4 Å². The lowest BCUT2D eigenvalue weighted by Crippen LogP contribution is -2.59. The summed E-state index contributed by atoms with van der Waals surface area (Å²) in [5.41, 5.74) is 1.18. The highest BCUT2D eigenvalue weighted by Crippen LogP contribution is 2.34. The highest BCUT2D eigenvalue weighted by atomic mass is 19.1. The molecule has 0 saturated carbocycles. The predicted octanol–water partition coefficient (Wildman–Crippen LogP) is 4.57. The lowest BCUT2D eigenvalue weighted by molar-refractivity contribution is 0.0577. The minimum atomic E-state index is -0.334. The zero-order valence-electron chi connectivity index (χ0n) is 17.6. The molecule has 2 aliphatic heterocycles. The Balaban J connectivity index is 1.37. The molecule has 2 saturated heterocycles. The van der Waals surface area contributed by atoms with Gasteiger partial charge in [0.2, 0.25) is 0 Å². The van der Waals surface area contributed by atoms with Crippen molar-refractivity contribution in [3.63, 3.8) is 0 Å². The first-order valence-corrected chi connectivity index (χ1v) is 10.9. The molecule has 6 nitrogen and oxygen atoms in total. The summed E-state index contributed by atoms with van der Waals surface area (Å²) in [6.07, 6.45) is 4.38. The van der Waals surface area contributed by atoms with Crippen molar-refractivity contribution >= 4 is 17.6 Å². The van der Waals surface area contributed by atoms with Crippen molar-refractivity contribution in [2.24, 2.45) is 0 Å². The average molecular weight is 426 g/mol. The maximum atomic E-state index is 13.1. The largest absolute Gasteiger partial charge is 0.494 e. The van der Waals surface area contributed by atoms with E-state index in [1.165, 1.54) is 12.1 Å². The molecule has 2 fully saturated rings. The fraction of sp³-hybridized carbons (Fsp3) is 0.417. The Bertz CT molecular complexity index is 903. The van der Waals surface area contributed by atoms with Crippen LogP contribution in [0.4, 0.5) is 14.9 Å². The highest BCUT2D eigenvalue weighted by Gasteiger charge is 2.41. The average Bonchev–Trinajstić information content (AvgIpc) is 2.75. The third-order valence-electron chi connectivity index (χ3n) is 6.07. The first-order chi connectivity index (χ1) is 15.0. The van der Waals surface area contributed by atoms with Crippen LogP contribution in [0.1, 0.15) is 49.4 Å². The molecule has 3 amide bonds. The van der Waals surface area contributed by atoms with E-state index in [0.29, 0.717) is 17.9 Å². The van der Waals surface area contributed by atoms with E-state index in [1.807, 2.05) is 11.8 Å². The molecular formula is C24H28FN3O3. The Kier molecular flexibility index (Phi) is 6.39. The minimum Gasteiger partial charge on any atom is -0.494 e. The molecule has 7 heteroatoms. The number of carbonyl (C=O) groups excluding carboxylic acids is 2. The van der Waals surface area contributed by atoms with Gasteiger partial charge in [0.1, 0.15) is 11.6 Å². The number of rotatable bonds is 5. The van der Waals surface area contributed by atoms with Crippen LogP contribution in [-0.2, 0) is 0 Å². The molecule has 0 unspecified atom stereocenters. The topological polar surface area (TPSA) is 70.7 Å². The van der Waals surface area contributed by atoms with Crippen molar-refractivity contribution in [2.45, 2.75) is 57.2 Å². The molecule has 2 bridgehead atoms. The molecule has 164 valence electrons. The molecule has 0 aliphatic carbocycles. The summed E-state index contributed by atoms with van der Waals surface area (Å²) in [6, 6.07) is 13.0. The third-order valence-corrected chi connectivity index (χ3v) is 6.07. The Morgan fingerprint density at radius 1 is 1.03 bits per heavy atom. The second-order valence-electron chi connectivity index (χ2n) is 8.18. The Morgan fingerprint density at radius 3 is 2.29 bits per heavy atom. The van der Waals surface area contributed by atoms with Gasteiger partial charge >= 0.3 is 6.03 Å². The van der Waals surface area contributed by atoms with Crippen LogP contribution >= 0.6 is 0 Å². The normalized spacial score (nSPS) is 22.5. The number of anilines is 1. The van der Waals surface area contributed by atoms with E-state index in [4.69, 9.17) is 4.74 Å². The van der Waals surface area contributed by atoms with Gasteiger partial charge in [0, 0.05) is 29.4 Å². The molecule has 0 aromatic heterocycles. The van der Waals surface area contributed by atoms with Crippen molar-refractivity contribution < 1.29 is 18.7 Å². The molecule has 2 heterocycles. The zero-order valence-corrected chi connectivity index (χ0v) is 17.6. The maximum absolute atomic E-state index is 13.1.